The SMILES string of the molecule is CC[C@H]1O[C@@H](n2cc(C#CCN=COC(F)(F)F)c(=O)[nH]c2=O)C[C@H]1OC(C)=O. The maximum Gasteiger partial charge on any atom is 0.573 e. The molecular formula is C17H18F3N3O6. The Bertz CT molecular complexity index is 941. The van der Waals surface area contributed by atoms with Crippen LogP contribution in [0.1, 0.15) is 38.5 Å². The third-order valence-corrected chi connectivity index (χ3v) is 3.83. The van der Waals surface area contributed by atoms with Crippen molar-refractivity contribution in [3.05, 3.63) is 32.6 Å². The van der Waals surface area contributed by atoms with Gasteiger partial charge in [-0.05, 0) is 6.42 Å². The van der Waals surface area contributed by atoms with Crippen LogP contribution in [0.3, 0.4) is 0 Å². The van der Waals surface area contributed by atoms with Gasteiger partial charge in [0.2, 0.25) is 0 Å². The molecule has 0 spiro atoms. The lowest BCUT2D eigenvalue weighted by Gasteiger charge is -2.16. The van der Waals surface area contributed by atoms with E-state index in [-0.39, 0.29) is 24.9 Å². The predicted octanol–water partition coefficient (Wildman–Crippen LogP) is 1.08. The van der Waals surface area contributed by atoms with E-state index in [4.69, 9.17) is 9.47 Å². The number of aromatic amines is 1. The van der Waals surface area contributed by atoms with Gasteiger partial charge in [0.25, 0.3) is 5.56 Å². The van der Waals surface area contributed by atoms with Gasteiger partial charge in [-0.3, -0.25) is 19.1 Å². The zero-order chi connectivity index (χ0) is 21.6. The first-order chi connectivity index (χ1) is 13.6. The first-order valence-corrected chi connectivity index (χ1v) is 8.50. The maximum absolute atomic E-state index is 12.1. The standard InChI is InChI=1S/C17H18F3N3O6/c1-3-12-13(28-10(2)24)7-14(29-12)23-8-11(15(25)22-16(23)26)5-4-6-21-9-27-17(18,19)20/h8-9,12-14H,3,6-7H2,1-2H3,(H,22,25,26)/t12-,13-,14-/m1/s1. The molecule has 0 aromatic carbocycles. The molecule has 158 valence electrons. The summed E-state index contributed by atoms with van der Waals surface area (Å²) < 4.78 is 50.8. The van der Waals surface area contributed by atoms with Crippen molar-refractivity contribution in [1.82, 2.24) is 9.55 Å². The number of nitrogens with zero attached hydrogens (tertiary/aromatic N) is 2. The van der Waals surface area contributed by atoms with E-state index in [9.17, 15) is 27.6 Å². The molecule has 1 fully saturated rings. The third kappa shape index (κ3) is 6.49. The Hall–Kier alpha value is -3.07. The average molecular weight is 417 g/mol. The fourth-order valence-corrected chi connectivity index (χ4v) is 2.67. The minimum absolute atomic E-state index is 0.107. The number of halogens is 3. The van der Waals surface area contributed by atoms with Gasteiger partial charge in [-0.25, -0.2) is 9.79 Å². The number of rotatable bonds is 5. The summed E-state index contributed by atoms with van der Waals surface area (Å²) in [6, 6.07) is 0. The van der Waals surface area contributed by atoms with E-state index >= 15 is 0 Å². The zero-order valence-corrected chi connectivity index (χ0v) is 15.5. The van der Waals surface area contributed by atoms with Gasteiger partial charge >= 0.3 is 18.0 Å². The highest BCUT2D eigenvalue weighted by Crippen LogP contribution is 2.31. The molecule has 1 aliphatic heterocycles. The van der Waals surface area contributed by atoms with E-state index < -0.39 is 42.0 Å². The average Bonchev–Trinajstić information content (AvgIpc) is 3.00. The van der Waals surface area contributed by atoms with E-state index in [1.54, 1.807) is 0 Å². The Morgan fingerprint density at radius 3 is 2.83 bits per heavy atom. The topological polar surface area (TPSA) is 112 Å². The van der Waals surface area contributed by atoms with Crippen molar-refractivity contribution in [2.75, 3.05) is 6.54 Å². The second-order valence-electron chi connectivity index (χ2n) is 5.94. The lowest BCUT2D eigenvalue weighted by atomic mass is 10.1. The maximum atomic E-state index is 12.1. The van der Waals surface area contributed by atoms with Crippen molar-refractivity contribution in [3.8, 4) is 11.8 Å². The Kier molecular flexibility index (Phi) is 7.22. The molecule has 2 heterocycles. The van der Waals surface area contributed by atoms with E-state index in [0.717, 1.165) is 4.57 Å². The van der Waals surface area contributed by atoms with Crippen LogP contribution in [-0.2, 0) is 19.0 Å². The monoisotopic (exact) mass is 417 g/mol. The van der Waals surface area contributed by atoms with Gasteiger partial charge in [0.15, 0.2) is 6.40 Å². The Morgan fingerprint density at radius 1 is 1.48 bits per heavy atom. The van der Waals surface area contributed by atoms with Crippen molar-refractivity contribution in [3.63, 3.8) is 0 Å². The molecular weight excluding hydrogens is 399 g/mol. The van der Waals surface area contributed by atoms with Crippen LogP contribution >= 0.6 is 0 Å². The molecule has 1 aromatic rings. The van der Waals surface area contributed by atoms with Gasteiger partial charge in [0.05, 0.1) is 6.10 Å². The van der Waals surface area contributed by atoms with Gasteiger partial charge in [-0.15, -0.1) is 13.2 Å². The number of carbonyl (C=O) groups is 1. The van der Waals surface area contributed by atoms with Gasteiger partial charge in [-0.1, -0.05) is 18.8 Å². The molecule has 0 bridgehead atoms. The van der Waals surface area contributed by atoms with E-state index in [1.165, 1.54) is 13.1 Å². The first kappa shape index (κ1) is 22.2. The number of ether oxygens (including phenoxy) is 3. The van der Waals surface area contributed by atoms with Crippen molar-refractivity contribution < 1.29 is 32.2 Å². The van der Waals surface area contributed by atoms with Crippen LogP contribution in [0.15, 0.2) is 20.8 Å². The third-order valence-electron chi connectivity index (χ3n) is 3.83. The molecule has 1 aliphatic rings. The summed E-state index contributed by atoms with van der Waals surface area (Å²) in [7, 11) is 0. The van der Waals surface area contributed by atoms with Crippen LogP contribution in [0.25, 0.3) is 0 Å². The quantitative estimate of drug-likeness (QED) is 0.332. The molecule has 0 radical (unpaired) electrons. The number of hydrogen-bond donors (Lipinski definition) is 1. The lowest BCUT2D eigenvalue weighted by molar-refractivity contribution is -0.280. The molecule has 1 aromatic heterocycles. The second kappa shape index (κ2) is 9.42. The number of aliphatic imine (C=N–C) groups is 1. The molecule has 9 nitrogen and oxygen atoms in total. The highest BCUT2D eigenvalue weighted by molar-refractivity contribution is 5.66. The predicted molar refractivity (Wildman–Crippen MR) is 93.1 cm³/mol. The largest absolute Gasteiger partial charge is 0.573 e. The molecule has 2 rings (SSSR count). The van der Waals surface area contributed by atoms with Crippen molar-refractivity contribution >= 4 is 12.4 Å². The zero-order valence-electron chi connectivity index (χ0n) is 15.5. The first-order valence-electron chi connectivity index (χ1n) is 8.50. The van der Waals surface area contributed by atoms with E-state index in [2.05, 4.69) is 26.6 Å². The Morgan fingerprint density at radius 2 is 2.21 bits per heavy atom. The van der Waals surface area contributed by atoms with E-state index in [0.29, 0.717) is 6.42 Å². The molecule has 0 aliphatic carbocycles. The number of aromatic nitrogens is 2. The van der Waals surface area contributed by atoms with Crippen LogP contribution in [-0.4, -0.2) is 47.0 Å². The lowest BCUT2D eigenvalue weighted by Crippen LogP contribution is -2.33. The van der Waals surface area contributed by atoms with Gasteiger partial charge in [-0.2, -0.15) is 0 Å². The second-order valence-corrected chi connectivity index (χ2v) is 5.94. The highest BCUT2D eigenvalue weighted by Gasteiger charge is 2.37. The highest BCUT2D eigenvalue weighted by atomic mass is 19.4. The minimum Gasteiger partial charge on any atom is -0.460 e. The Balaban J connectivity index is 2.16. The van der Waals surface area contributed by atoms with Crippen LogP contribution in [0.2, 0.25) is 0 Å². The number of esters is 1. The van der Waals surface area contributed by atoms with Crippen LogP contribution in [0.4, 0.5) is 13.2 Å². The molecule has 0 saturated carbocycles. The Labute approximate surface area is 162 Å². The summed E-state index contributed by atoms with van der Waals surface area (Å²) in [6.07, 6.45) is -4.46. The number of hydrogen-bond acceptors (Lipinski definition) is 7. The fourth-order valence-electron chi connectivity index (χ4n) is 2.67. The van der Waals surface area contributed by atoms with Crippen molar-refractivity contribution in [2.24, 2.45) is 4.99 Å². The van der Waals surface area contributed by atoms with Crippen LogP contribution in [0.5, 0.6) is 0 Å². The van der Waals surface area contributed by atoms with Crippen molar-refractivity contribution in [2.45, 2.75) is 51.5 Å². The summed E-state index contributed by atoms with van der Waals surface area (Å²) in [6.45, 7) is 2.74. The summed E-state index contributed by atoms with van der Waals surface area (Å²) in [5.41, 5.74) is -1.61. The molecule has 1 N–H and O–H groups in total. The number of carbonyl (C=O) groups excluding carboxylic acids is 1. The molecule has 1 saturated heterocycles. The van der Waals surface area contributed by atoms with Gasteiger partial charge in [0, 0.05) is 19.5 Å². The number of alkyl halides is 3. The molecule has 3 atom stereocenters. The summed E-state index contributed by atoms with van der Waals surface area (Å²) in [5.74, 6) is 4.33. The van der Waals surface area contributed by atoms with Gasteiger partial charge < -0.3 is 14.2 Å². The number of nitrogens with one attached hydrogen (secondary N) is 1. The van der Waals surface area contributed by atoms with Crippen molar-refractivity contribution in [1.29, 1.82) is 0 Å². The van der Waals surface area contributed by atoms with E-state index in [1.807, 2.05) is 6.92 Å². The smallest absolute Gasteiger partial charge is 0.460 e. The number of H-pyrrole nitrogens is 1. The summed E-state index contributed by atoms with van der Waals surface area (Å²) in [4.78, 5) is 40.6. The van der Waals surface area contributed by atoms with Gasteiger partial charge in [0.1, 0.15) is 24.4 Å². The fraction of sp³-hybridized carbons (Fsp3) is 0.529. The summed E-state index contributed by atoms with van der Waals surface area (Å²) >= 11 is 0. The normalized spacial score (nSPS) is 21.6. The molecule has 0 amide bonds. The summed E-state index contributed by atoms with van der Waals surface area (Å²) in [5, 5.41) is 0. The van der Waals surface area contributed by atoms with Crippen LogP contribution in [0, 0.1) is 11.8 Å². The molecule has 0 unspecified atom stereocenters. The van der Waals surface area contributed by atoms with Crippen LogP contribution < -0.4 is 11.2 Å². The molecule has 29 heavy (non-hydrogen) atoms. The molecule has 12 heteroatoms. The minimum atomic E-state index is -4.84.